The summed E-state index contributed by atoms with van der Waals surface area (Å²) in [5.74, 6) is -0.0431. The lowest BCUT2D eigenvalue weighted by Gasteiger charge is -2.05. The van der Waals surface area contributed by atoms with Crippen molar-refractivity contribution in [3.05, 3.63) is 27.5 Å². The Morgan fingerprint density at radius 2 is 2.23 bits per heavy atom. The fraction of sp³-hybridized carbons (Fsp3) is 0.286. The molecule has 13 heavy (non-hydrogen) atoms. The number of alkyl halides is 2. The summed E-state index contributed by atoms with van der Waals surface area (Å²) in [5.41, 5.74) is 3.37. The monoisotopic (exact) mass is 190 g/mol. The van der Waals surface area contributed by atoms with E-state index in [0.29, 0.717) is 0 Å². The minimum atomic E-state index is -2.91. The smallest absolute Gasteiger partial charge is 0.269 e. The van der Waals surface area contributed by atoms with Gasteiger partial charge in [0.15, 0.2) is 0 Å². The lowest BCUT2D eigenvalue weighted by molar-refractivity contribution is 0.145. The van der Waals surface area contributed by atoms with Gasteiger partial charge in [-0.15, -0.1) is 0 Å². The second-order valence-electron chi connectivity index (χ2n) is 2.45. The van der Waals surface area contributed by atoms with Crippen LogP contribution in [0.5, 0.6) is 0 Å². The predicted molar refractivity (Wildman–Crippen MR) is 42.4 cm³/mol. The van der Waals surface area contributed by atoms with Gasteiger partial charge in [-0.3, -0.25) is 4.79 Å². The molecule has 0 saturated carbocycles. The highest BCUT2D eigenvalue weighted by Gasteiger charge is 2.17. The summed E-state index contributed by atoms with van der Waals surface area (Å²) in [6.45, 7) is -0.631. The third-order valence-corrected chi connectivity index (χ3v) is 1.57. The van der Waals surface area contributed by atoms with Gasteiger partial charge in [0.2, 0.25) is 0 Å². The van der Waals surface area contributed by atoms with E-state index in [0.717, 1.165) is 6.07 Å². The van der Waals surface area contributed by atoms with Crippen LogP contribution in [0.3, 0.4) is 0 Å². The number of aliphatic hydroxyl groups is 1. The van der Waals surface area contributed by atoms with Crippen molar-refractivity contribution in [1.29, 1.82) is 0 Å². The van der Waals surface area contributed by atoms with E-state index in [1.54, 1.807) is 0 Å². The molecule has 4 nitrogen and oxygen atoms in total. The molecule has 0 aliphatic rings. The second kappa shape index (κ2) is 3.53. The third kappa shape index (κ3) is 1.83. The topological polar surface area (TPSA) is 79.1 Å². The molecule has 0 amide bonds. The molecule has 1 aromatic heterocycles. The first kappa shape index (κ1) is 9.66. The van der Waals surface area contributed by atoms with Gasteiger partial charge in [-0.1, -0.05) is 0 Å². The van der Waals surface area contributed by atoms with Crippen molar-refractivity contribution in [2.75, 3.05) is 5.73 Å². The maximum absolute atomic E-state index is 12.2. The second-order valence-corrected chi connectivity index (χ2v) is 2.45. The number of nitrogens with two attached hydrogens (primary N) is 1. The Labute approximate surface area is 72.0 Å². The van der Waals surface area contributed by atoms with E-state index in [1.807, 2.05) is 4.98 Å². The van der Waals surface area contributed by atoms with Gasteiger partial charge in [0.25, 0.3) is 12.0 Å². The number of H-pyrrole nitrogens is 1. The summed E-state index contributed by atoms with van der Waals surface area (Å²) in [6.07, 6.45) is -2.91. The van der Waals surface area contributed by atoms with Crippen molar-refractivity contribution < 1.29 is 13.9 Å². The van der Waals surface area contributed by atoms with Crippen LogP contribution in [0.4, 0.5) is 14.6 Å². The molecule has 1 rings (SSSR count). The first-order valence-electron chi connectivity index (χ1n) is 3.47. The van der Waals surface area contributed by atoms with E-state index in [4.69, 9.17) is 10.8 Å². The molecule has 0 aliphatic heterocycles. The minimum absolute atomic E-state index is 0.0431. The van der Waals surface area contributed by atoms with Gasteiger partial charge in [0.05, 0.1) is 12.2 Å². The molecule has 0 saturated heterocycles. The highest BCUT2D eigenvalue weighted by Crippen LogP contribution is 2.19. The quantitative estimate of drug-likeness (QED) is 0.631. The Bertz CT molecular complexity index is 362. The lowest BCUT2D eigenvalue weighted by atomic mass is 10.1. The number of hydrogen-bond donors (Lipinski definition) is 3. The number of aliphatic hydroxyl groups excluding tert-OH is 1. The largest absolute Gasteiger partial charge is 0.392 e. The highest BCUT2D eigenvalue weighted by molar-refractivity contribution is 5.37. The predicted octanol–water partition coefficient (Wildman–Crippen LogP) is 0.387. The molecule has 1 heterocycles. The molecule has 0 spiro atoms. The molecule has 6 heteroatoms. The Morgan fingerprint density at radius 1 is 1.62 bits per heavy atom. The molecule has 0 aromatic carbocycles. The maximum atomic E-state index is 12.2. The highest BCUT2D eigenvalue weighted by atomic mass is 19.3. The number of nitrogens with one attached hydrogen (secondary N) is 1. The van der Waals surface area contributed by atoms with Crippen LogP contribution in [0.25, 0.3) is 0 Å². The zero-order valence-electron chi connectivity index (χ0n) is 6.55. The van der Waals surface area contributed by atoms with E-state index in [-0.39, 0.29) is 11.4 Å². The number of rotatable bonds is 2. The molecule has 0 fully saturated rings. The van der Waals surface area contributed by atoms with E-state index in [9.17, 15) is 13.6 Å². The normalized spacial score (nSPS) is 10.8. The van der Waals surface area contributed by atoms with Crippen LogP contribution >= 0.6 is 0 Å². The molecule has 72 valence electrons. The lowest BCUT2D eigenvalue weighted by Crippen LogP contribution is -2.17. The molecule has 0 aliphatic carbocycles. The number of aromatic amines is 1. The molecular weight excluding hydrogens is 182 g/mol. The van der Waals surface area contributed by atoms with Crippen molar-refractivity contribution in [1.82, 2.24) is 4.98 Å². The van der Waals surface area contributed by atoms with Crippen LogP contribution in [-0.4, -0.2) is 10.1 Å². The number of aromatic nitrogens is 1. The molecule has 0 unspecified atom stereocenters. The minimum Gasteiger partial charge on any atom is -0.392 e. The molecule has 4 N–H and O–H groups in total. The van der Waals surface area contributed by atoms with Crippen molar-refractivity contribution >= 4 is 5.82 Å². The summed E-state index contributed by atoms with van der Waals surface area (Å²) in [7, 11) is 0. The van der Waals surface area contributed by atoms with Gasteiger partial charge in [0.1, 0.15) is 5.82 Å². The number of nitrogen functional groups attached to an aromatic ring is 1. The Kier molecular flexibility index (Phi) is 2.62. The first-order valence-corrected chi connectivity index (χ1v) is 3.47. The average molecular weight is 190 g/mol. The van der Waals surface area contributed by atoms with Crippen molar-refractivity contribution in [3.63, 3.8) is 0 Å². The SMILES string of the molecule is Nc1cc(CO)c(C(F)F)c(=O)[nH]1. The molecule has 0 radical (unpaired) electrons. The van der Waals surface area contributed by atoms with Crippen LogP contribution in [0.15, 0.2) is 10.9 Å². The number of halogens is 2. The van der Waals surface area contributed by atoms with Crippen molar-refractivity contribution in [3.8, 4) is 0 Å². The van der Waals surface area contributed by atoms with Crippen LogP contribution < -0.4 is 11.3 Å². The van der Waals surface area contributed by atoms with Crippen molar-refractivity contribution in [2.24, 2.45) is 0 Å². The van der Waals surface area contributed by atoms with Gasteiger partial charge in [-0.2, -0.15) is 0 Å². The van der Waals surface area contributed by atoms with E-state index < -0.39 is 24.2 Å². The zero-order chi connectivity index (χ0) is 10.0. The Hall–Kier alpha value is -1.43. The maximum Gasteiger partial charge on any atom is 0.269 e. The molecular formula is C7H8F2N2O2. The Morgan fingerprint density at radius 3 is 2.69 bits per heavy atom. The van der Waals surface area contributed by atoms with Crippen molar-refractivity contribution in [2.45, 2.75) is 13.0 Å². The van der Waals surface area contributed by atoms with Crippen LogP contribution in [-0.2, 0) is 6.61 Å². The fourth-order valence-corrected chi connectivity index (χ4v) is 1.02. The van der Waals surface area contributed by atoms with E-state index in [2.05, 4.69) is 0 Å². The standard InChI is InChI=1S/C7H8F2N2O2/c8-6(9)5-3(2-12)1-4(10)11-7(5)13/h1,6,12H,2H2,(H3,10,11,13). The van der Waals surface area contributed by atoms with Crippen LogP contribution in [0.2, 0.25) is 0 Å². The zero-order valence-corrected chi connectivity index (χ0v) is 6.55. The van der Waals surface area contributed by atoms with Crippen LogP contribution in [0.1, 0.15) is 17.6 Å². The first-order chi connectivity index (χ1) is 6.06. The van der Waals surface area contributed by atoms with E-state index in [1.165, 1.54) is 0 Å². The third-order valence-electron chi connectivity index (χ3n) is 1.57. The number of anilines is 1. The Balaban J connectivity index is 3.39. The van der Waals surface area contributed by atoms with Gasteiger partial charge in [-0.05, 0) is 11.6 Å². The number of hydrogen-bond acceptors (Lipinski definition) is 3. The fourth-order valence-electron chi connectivity index (χ4n) is 1.02. The van der Waals surface area contributed by atoms with Gasteiger partial charge < -0.3 is 15.8 Å². The summed E-state index contributed by atoms with van der Waals surface area (Å²) in [4.78, 5) is 13.0. The molecule has 1 aromatic rings. The van der Waals surface area contributed by atoms with Crippen LogP contribution in [0, 0.1) is 0 Å². The summed E-state index contributed by atoms with van der Waals surface area (Å²) < 4.78 is 24.5. The van der Waals surface area contributed by atoms with Gasteiger partial charge >= 0.3 is 0 Å². The summed E-state index contributed by atoms with van der Waals surface area (Å²) in [6, 6.07) is 1.11. The number of pyridine rings is 1. The average Bonchev–Trinajstić information content (AvgIpc) is 2.01. The summed E-state index contributed by atoms with van der Waals surface area (Å²) >= 11 is 0. The van der Waals surface area contributed by atoms with Gasteiger partial charge in [0, 0.05) is 0 Å². The van der Waals surface area contributed by atoms with Gasteiger partial charge in [-0.25, -0.2) is 8.78 Å². The molecule has 0 bridgehead atoms. The summed E-state index contributed by atoms with van der Waals surface area (Å²) in [5, 5.41) is 8.67. The van der Waals surface area contributed by atoms with E-state index >= 15 is 0 Å². The molecule has 0 atom stereocenters.